The number of aromatic nitrogens is 3. The fourth-order valence-electron chi connectivity index (χ4n) is 2.23. The van der Waals surface area contributed by atoms with E-state index >= 15 is 0 Å². The molecule has 0 saturated carbocycles. The quantitative estimate of drug-likeness (QED) is 0.758. The maximum atomic E-state index is 6.31. The summed E-state index contributed by atoms with van der Waals surface area (Å²) in [5.41, 5.74) is 7.60. The Morgan fingerprint density at radius 1 is 1.56 bits per heavy atom. The van der Waals surface area contributed by atoms with E-state index in [1.165, 1.54) is 0 Å². The summed E-state index contributed by atoms with van der Waals surface area (Å²) in [5.74, 6) is 0.860. The molecule has 0 amide bonds. The zero-order chi connectivity index (χ0) is 11.2. The van der Waals surface area contributed by atoms with Crippen molar-refractivity contribution in [3.05, 3.63) is 24.2 Å². The van der Waals surface area contributed by atoms with Crippen molar-refractivity contribution in [2.75, 3.05) is 13.2 Å². The standard InChI is InChI=1S/C11H14N4O/c1-15-8-3-2-5-13-9(8)14-10(15)11(12)4-6-16-7-11/h2-3,5H,4,6-7,12H2,1H3. The molecular weight excluding hydrogens is 204 g/mol. The van der Waals surface area contributed by atoms with E-state index < -0.39 is 5.54 Å². The first-order valence-corrected chi connectivity index (χ1v) is 5.35. The molecule has 5 heteroatoms. The molecule has 0 aliphatic carbocycles. The minimum Gasteiger partial charge on any atom is -0.379 e. The van der Waals surface area contributed by atoms with E-state index in [1.807, 2.05) is 23.7 Å². The van der Waals surface area contributed by atoms with Crippen molar-refractivity contribution in [2.24, 2.45) is 12.8 Å². The molecule has 0 bridgehead atoms. The van der Waals surface area contributed by atoms with Gasteiger partial charge in [0.25, 0.3) is 0 Å². The summed E-state index contributed by atoms with van der Waals surface area (Å²) in [4.78, 5) is 8.75. The Balaban J connectivity index is 2.20. The zero-order valence-electron chi connectivity index (χ0n) is 9.18. The molecule has 0 aromatic carbocycles. The van der Waals surface area contributed by atoms with Gasteiger partial charge in [0, 0.05) is 19.9 Å². The van der Waals surface area contributed by atoms with Crippen molar-refractivity contribution in [1.29, 1.82) is 0 Å². The third kappa shape index (κ3) is 1.25. The largest absolute Gasteiger partial charge is 0.379 e. The number of pyridine rings is 1. The summed E-state index contributed by atoms with van der Waals surface area (Å²) >= 11 is 0. The number of hydrogen-bond acceptors (Lipinski definition) is 4. The number of fused-ring (bicyclic) bond motifs is 1. The van der Waals surface area contributed by atoms with Crippen LogP contribution >= 0.6 is 0 Å². The van der Waals surface area contributed by atoms with Gasteiger partial charge in [-0.2, -0.15) is 0 Å². The Hall–Kier alpha value is -1.46. The first-order valence-electron chi connectivity index (χ1n) is 5.35. The van der Waals surface area contributed by atoms with Gasteiger partial charge in [-0.15, -0.1) is 0 Å². The lowest BCUT2D eigenvalue weighted by Gasteiger charge is -2.20. The molecular formula is C11H14N4O. The summed E-state index contributed by atoms with van der Waals surface area (Å²) in [6.07, 6.45) is 2.55. The predicted molar refractivity (Wildman–Crippen MR) is 59.8 cm³/mol. The van der Waals surface area contributed by atoms with Gasteiger partial charge in [-0.3, -0.25) is 0 Å². The van der Waals surface area contributed by atoms with E-state index in [-0.39, 0.29) is 0 Å². The lowest BCUT2D eigenvalue weighted by Crippen LogP contribution is -2.39. The lowest BCUT2D eigenvalue weighted by molar-refractivity contribution is 0.175. The molecule has 2 N–H and O–H groups in total. The van der Waals surface area contributed by atoms with Crippen LogP contribution in [-0.4, -0.2) is 27.7 Å². The third-order valence-electron chi connectivity index (χ3n) is 3.15. The van der Waals surface area contributed by atoms with E-state index in [0.717, 1.165) is 23.4 Å². The maximum Gasteiger partial charge on any atom is 0.177 e. The summed E-state index contributed by atoms with van der Waals surface area (Å²) in [6, 6.07) is 3.90. The van der Waals surface area contributed by atoms with Crippen molar-refractivity contribution in [3.63, 3.8) is 0 Å². The molecule has 1 atom stereocenters. The number of nitrogens with zero attached hydrogens (tertiary/aromatic N) is 3. The smallest absolute Gasteiger partial charge is 0.177 e. The minimum atomic E-state index is -0.463. The van der Waals surface area contributed by atoms with E-state index in [2.05, 4.69) is 9.97 Å². The van der Waals surface area contributed by atoms with Crippen LogP contribution in [0.15, 0.2) is 18.3 Å². The van der Waals surface area contributed by atoms with Crippen molar-refractivity contribution < 1.29 is 4.74 Å². The fraction of sp³-hybridized carbons (Fsp3) is 0.455. The van der Waals surface area contributed by atoms with Crippen LogP contribution in [-0.2, 0) is 17.3 Å². The van der Waals surface area contributed by atoms with Crippen molar-refractivity contribution in [2.45, 2.75) is 12.0 Å². The van der Waals surface area contributed by atoms with Gasteiger partial charge in [-0.05, 0) is 18.6 Å². The first-order chi connectivity index (χ1) is 7.71. The number of imidazole rings is 1. The van der Waals surface area contributed by atoms with E-state index in [4.69, 9.17) is 10.5 Å². The summed E-state index contributed by atoms with van der Waals surface area (Å²) in [7, 11) is 1.97. The number of rotatable bonds is 1. The molecule has 3 heterocycles. The molecule has 3 rings (SSSR count). The number of hydrogen-bond donors (Lipinski definition) is 1. The SMILES string of the molecule is Cn1c(C2(N)CCOC2)nc2ncccc21. The van der Waals surface area contributed by atoms with Crippen molar-refractivity contribution >= 4 is 11.2 Å². The van der Waals surface area contributed by atoms with E-state index in [9.17, 15) is 0 Å². The predicted octanol–water partition coefficient (Wildman–Crippen LogP) is 0.543. The van der Waals surface area contributed by atoms with Crippen LogP contribution in [0.2, 0.25) is 0 Å². The molecule has 1 unspecified atom stereocenters. The highest BCUT2D eigenvalue weighted by Crippen LogP contribution is 2.28. The molecule has 84 valence electrons. The van der Waals surface area contributed by atoms with E-state index in [1.54, 1.807) is 6.20 Å². The van der Waals surface area contributed by atoms with Crippen LogP contribution in [0, 0.1) is 0 Å². The monoisotopic (exact) mass is 218 g/mol. The van der Waals surface area contributed by atoms with Gasteiger partial charge in [0.2, 0.25) is 0 Å². The maximum absolute atomic E-state index is 6.31. The van der Waals surface area contributed by atoms with Gasteiger partial charge in [0.05, 0.1) is 12.1 Å². The molecule has 0 spiro atoms. The number of ether oxygens (including phenoxy) is 1. The number of aryl methyl sites for hydroxylation is 1. The molecule has 16 heavy (non-hydrogen) atoms. The van der Waals surface area contributed by atoms with Crippen LogP contribution in [0.4, 0.5) is 0 Å². The van der Waals surface area contributed by atoms with Gasteiger partial charge in [-0.25, -0.2) is 9.97 Å². The van der Waals surface area contributed by atoms with Crippen molar-refractivity contribution in [1.82, 2.24) is 14.5 Å². The zero-order valence-corrected chi connectivity index (χ0v) is 9.18. The Morgan fingerprint density at radius 3 is 3.12 bits per heavy atom. The highest BCUT2D eigenvalue weighted by Gasteiger charge is 2.36. The molecule has 0 radical (unpaired) electrons. The topological polar surface area (TPSA) is 66.0 Å². The average molecular weight is 218 g/mol. The van der Waals surface area contributed by atoms with Gasteiger partial charge in [-0.1, -0.05) is 0 Å². The fourth-order valence-corrected chi connectivity index (χ4v) is 2.23. The second kappa shape index (κ2) is 3.26. The molecule has 1 aliphatic heterocycles. The Labute approximate surface area is 93.2 Å². The normalized spacial score (nSPS) is 25.4. The molecule has 2 aromatic rings. The van der Waals surface area contributed by atoms with Gasteiger partial charge >= 0.3 is 0 Å². The van der Waals surface area contributed by atoms with Crippen LogP contribution < -0.4 is 5.73 Å². The molecule has 1 saturated heterocycles. The van der Waals surface area contributed by atoms with Crippen molar-refractivity contribution in [3.8, 4) is 0 Å². The highest BCUT2D eigenvalue weighted by atomic mass is 16.5. The third-order valence-corrected chi connectivity index (χ3v) is 3.15. The van der Waals surface area contributed by atoms with Crippen LogP contribution in [0.1, 0.15) is 12.2 Å². The number of nitrogens with two attached hydrogens (primary N) is 1. The highest BCUT2D eigenvalue weighted by molar-refractivity contribution is 5.71. The lowest BCUT2D eigenvalue weighted by atomic mass is 9.99. The summed E-state index contributed by atoms with van der Waals surface area (Å²) in [5, 5.41) is 0. The Bertz CT molecular complexity index is 528. The molecule has 1 fully saturated rings. The first kappa shape index (κ1) is 9.74. The second-order valence-electron chi connectivity index (χ2n) is 4.30. The van der Waals surface area contributed by atoms with Gasteiger partial charge in [0.15, 0.2) is 5.65 Å². The second-order valence-corrected chi connectivity index (χ2v) is 4.30. The molecule has 1 aliphatic rings. The molecule has 5 nitrogen and oxygen atoms in total. The van der Waals surface area contributed by atoms with E-state index in [0.29, 0.717) is 13.2 Å². The Kier molecular flexibility index (Phi) is 1.99. The Morgan fingerprint density at radius 2 is 2.44 bits per heavy atom. The van der Waals surface area contributed by atoms with Crippen LogP contribution in [0.5, 0.6) is 0 Å². The van der Waals surface area contributed by atoms with Gasteiger partial charge < -0.3 is 15.0 Å². The summed E-state index contributed by atoms with van der Waals surface area (Å²) < 4.78 is 7.38. The minimum absolute atomic E-state index is 0.463. The van der Waals surface area contributed by atoms with Crippen LogP contribution in [0.3, 0.4) is 0 Å². The summed E-state index contributed by atoms with van der Waals surface area (Å²) in [6.45, 7) is 1.23. The van der Waals surface area contributed by atoms with Gasteiger partial charge in [0.1, 0.15) is 11.4 Å². The average Bonchev–Trinajstić information content (AvgIpc) is 2.86. The molecule has 2 aromatic heterocycles. The van der Waals surface area contributed by atoms with Crippen LogP contribution in [0.25, 0.3) is 11.2 Å².